The lowest BCUT2D eigenvalue weighted by Crippen LogP contribution is -2.57. The van der Waals surface area contributed by atoms with Crippen LogP contribution in [-0.4, -0.2) is 36.0 Å². The Bertz CT molecular complexity index is 512. The van der Waals surface area contributed by atoms with E-state index in [-0.39, 0.29) is 6.42 Å². The molecule has 0 aliphatic carbocycles. The quantitative estimate of drug-likeness (QED) is 0.244. The molecule has 14 heteroatoms. The summed E-state index contributed by atoms with van der Waals surface area (Å²) in [5, 5.41) is 0. The van der Waals surface area contributed by atoms with Gasteiger partial charge < -0.3 is 0 Å². The third-order valence-electron chi connectivity index (χ3n) is 5.37. The largest absolute Gasteiger partial charge is 0.431 e. The fourth-order valence-corrected chi connectivity index (χ4v) is 3.23. The monoisotopic (exact) mass is 536 g/mol. The van der Waals surface area contributed by atoms with Crippen molar-refractivity contribution in [1.82, 2.24) is 0 Å². The van der Waals surface area contributed by atoms with Gasteiger partial charge in [-0.15, -0.1) is 0 Å². The molecule has 208 valence electrons. The fourth-order valence-electron chi connectivity index (χ4n) is 3.23. The molecule has 0 saturated carbocycles. The summed E-state index contributed by atoms with van der Waals surface area (Å²) < 4.78 is 183. The molecule has 0 aromatic rings. The maximum Gasteiger partial charge on any atom is 0.431 e. The normalized spacial score (nSPS) is 14.8. The van der Waals surface area contributed by atoms with Gasteiger partial charge in [0.15, 0.2) is 0 Å². The van der Waals surface area contributed by atoms with Crippen molar-refractivity contribution in [1.29, 1.82) is 0 Å². The molecule has 0 aliphatic rings. The summed E-state index contributed by atoms with van der Waals surface area (Å²) in [6, 6.07) is 0. The first-order valence-corrected chi connectivity index (χ1v) is 10.5. The highest BCUT2D eigenvalue weighted by molar-refractivity contribution is 5.01. The second-order valence-corrected chi connectivity index (χ2v) is 8.67. The Hall–Kier alpha value is -0.980. The Morgan fingerprint density at radius 1 is 0.529 bits per heavy atom. The lowest BCUT2D eigenvalue weighted by atomic mass is 9.75. The Morgan fingerprint density at radius 2 is 0.824 bits per heavy atom. The number of halogens is 14. The highest BCUT2D eigenvalue weighted by Crippen LogP contribution is 2.55. The minimum atomic E-state index is -6.70. The van der Waals surface area contributed by atoms with E-state index >= 15 is 0 Å². The summed E-state index contributed by atoms with van der Waals surface area (Å²) in [6.07, 6.45) is -32.6. The summed E-state index contributed by atoms with van der Waals surface area (Å²) in [5.41, 5.74) is -13.1. The summed E-state index contributed by atoms with van der Waals surface area (Å²) in [5.74, 6) is -2.88. The van der Waals surface area contributed by atoms with Crippen LogP contribution in [0.25, 0.3) is 0 Å². The predicted molar refractivity (Wildman–Crippen MR) is 98.5 cm³/mol. The van der Waals surface area contributed by atoms with E-state index in [9.17, 15) is 61.5 Å². The third kappa shape index (κ3) is 8.91. The van der Waals surface area contributed by atoms with Gasteiger partial charge in [0.25, 0.3) is 11.3 Å². The lowest BCUT2D eigenvalue weighted by Gasteiger charge is -2.38. The number of unbranched alkanes of at least 4 members (excludes halogenated alkanes) is 1. The summed E-state index contributed by atoms with van der Waals surface area (Å²) in [6.45, 7) is 8.60. The third-order valence-corrected chi connectivity index (χ3v) is 5.37. The molecule has 0 spiro atoms. The molecule has 0 amide bonds. The van der Waals surface area contributed by atoms with Crippen molar-refractivity contribution in [2.45, 2.75) is 116 Å². The second-order valence-electron chi connectivity index (χ2n) is 8.67. The van der Waals surface area contributed by atoms with E-state index in [1.54, 1.807) is 6.92 Å². The molecule has 0 unspecified atom stereocenters. The standard InChI is InChI=1S/C18H24F14.C2H6/c1-4-5-7-12(2,3)8-6-11(9-13(19,15(21,22)23)16(24,25)26)10-14(20,17(27,28)29)18(30,31)32;1-2/h11H,4-10H2,1-3H3;1-2H3. The molecule has 0 nitrogen and oxygen atoms in total. The van der Waals surface area contributed by atoms with E-state index in [2.05, 4.69) is 0 Å². The lowest BCUT2D eigenvalue weighted by molar-refractivity contribution is -0.356. The highest BCUT2D eigenvalue weighted by atomic mass is 19.4. The van der Waals surface area contributed by atoms with Crippen LogP contribution in [0.2, 0.25) is 0 Å². The van der Waals surface area contributed by atoms with Gasteiger partial charge in [-0.1, -0.05) is 47.5 Å². The molecule has 0 saturated heterocycles. The first-order chi connectivity index (χ1) is 14.8. The first-order valence-electron chi connectivity index (χ1n) is 10.5. The van der Waals surface area contributed by atoms with Crippen LogP contribution in [0.1, 0.15) is 79.6 Å². The van der Waals surface area contributed by atoms with E-state index < -0.39 is 73.1 Å². The van der Waals surface area contributed by atoms with Crippen LogP contribution in [-0.2, 0) is 0 Å². The van der Waals surface area contributed by atoms with Gasteiger partial charge in [-0.05, 0) is 30.6 Å². The Balaban J connectivity index is 0. The smallest absolute Gasteiger partial charge is 0.224 e. The molecular formula is C20H30F14. The predicted octanol–water partition coefficient (Wildman–Crippen LogP) is 10.1. The average Bonchev–Trinajstić information content (AvgIpc) is 2.62. The summed E-state index contributed by atoms with van der Waals surface area (Å²) in [4.78, 5) is 0. The van der Waals surface area contributed by atoms with Crippen molar-refractivity contribution in [2.24, 2.45) is 11.3 Å². The summed E-state index contributed by atoms with van der Waals surface area (Å²) >= 11 is 0. The number of alkyl halides is 14. The molecule has 0 radical (unpaired) electrons. The molecule has 0 aromatic carbocycles. The topological polar surface area (TPSA) is 0 Å². The SMILES string of the molecule is CC.CCCCC(C)(C)CCC(CC(F)(C(F)(F)F)C(F)(F)F)CC(F)(C(F)(F)F)C(F)(F)F. The molecular weight excluding hydrogens is 506 g/mol. The van der Waals surface area contributed by atoms with Crippen molar-refractivity contribution in [3.63, 3.8) is 0 Å². The van der Waals surface area contributed by atoms with Gasteiger partial charge in [0.05, 0.1) is 0 Å². The van der Waals surface area contributed by atoms with Crippen molar-refractivity contribution in [3.8, 4) is 0 Å². The zero-order chi connectivity index (χ0) is 28.0. The fraction of sp³-hybridized carbons (Fsp3) is 1.00. The van der Waals surface area contributed by atoms with E-state index in [4.69, 9.17) is 0 Å². The van der Waals surface area contributed by atoms with Crippen LogP contribution in [0, 0.1) is 11.3 Å². The van der Waals surface area contributed by atoms with Crippen molar-refractivity contribution < 1.29 is 61.5 Å². The van der Waals surface area contributed by atoms with Crippen LogP contribution >= 0.6 is 0 Å². The molecule has 0 atom stereocenters. The molecule has 0 heterocycles. The minimum absolute atomic E-state index is 0.287. The van der Waals surface area contributed by atoms with Gasteiger partial charge in [0, 0.05) is 12.8 Å². The Morgan fingerprint density at radius 3 is 1.06 bits per heavy atom. The van der Waals surface area contributed by atoms with Crippen molar-refractivity contribution in [2.75, 3.05) is 0 Å². The number of rotatable bonds is 10. The molecule has 0 bridgehead atoms. The van der Waals surface area contributed by atoms with E-state index in [1.807, 2.05) is 13.8 Å². The van der Waals surface area contributed by atoms with Crippen LogP contribution in [0.4, 0.5) is 61.5 Å². The zero-order valence-electron chi connectivity index (χ0n) is 19.3. The second kappa shape index (κ2) is 11.8. The van der Waals surface area contributed by atoms with Crippen molar-refractivity contribution in [3.05, 3.63) is 0 Å². The van der Waals surface area contributed by atoms with Gasteiger partial charge in [-0.3, -0.25) is 0 Å². The van der Waals surface area contributed by atoms with E-state index in [0.29, 0.717) is 12.8 Å². The van der Waals surface area contributed by atoms with Crippen LogP contribution in [0.5, 0.6) is 0 Å². The average molecular weight is 536 g/mol. The van der Waals surface area contributed by atoms with Crippen LogP contribution in [0.15, 0.2) is 0 Å². The van der Waals surface area contributed by atoms with Crippen molar-refractivity contribution >= 4 is 0 Å². The molecule has 0 aliphatic heterocycles. The van der Waals surface area contributed by atoms with Gasteiger partial charge in [-0.2, -0.15) is 52.7 Å². The maximum atomic E-state index is 14.1. The molecule has 0 N–H and O–H groups in total. The van der Waals surface area contributed by atoms with Gasteiger partial charge >= 0.3 is 24.7 Å². The number of hydrogen-bond donors (Lipinski definition) is 0. The van der Waals surface area contributed by atoms with Crippen LogP contribution in [0.3, 0.4) is 0 Å². The van der Waals surface area contributed by atoms with E-state index in [0.717, 1.165) is 0 Å². The maximum absolute atomic E-state index is 14.1. The van der Waals surface area contributed by atoms with Gasteiger partial charge in [-0.25, -0.2) is 8.78 Å². The van der Waals surface area contributed by atoms with Gasteiger partial charge in [0.1, 0.15) is 0 Å². The first kappa shape index (κ1) is 35.2. The number of hydrogen-bond acceptors (Lipinski definition) is 0. The molecule has 0 fully saturated rings. The summed E-state index contributed by atoms with van der Waals surface area (Å²) in [7, 11) is 0. The Labute approximate surface area is 189 Å². The minimum Gasteiger partial charge on any atom is -0.224 e. The molecule has 0 aromatic heterocycles. The van der Waals surface area contributed by atoms with Crippen LogP contribution < -0.4 is 0 Å². The Kier molecular flexibility index (Phi) is 12.2. The molecule has 0 rings (SSSR count). The zero-order valence-corrected chi connectivity index (χ0v) is 19.3. The molecule has 34 heavy (non-hydrogen) atoms. The van der Waals surface area contributed by atoms with Gasteiger partial charge in [0.2, 0.25) is 0 Å². The highest BCUT2D eigenvalue weighted by Gasteiger charge is 2.75. The van der Waals surface area contributed by atoms with E-state index in [1.165, 1.54) is 13.8 Å².